The molecule has 0 aliphatic rings. The Morgan fingerprint density at radius 2 is 1.84 bits per heavy atom. The smallest absolute Gasteiger partial charge is 0.338 e. The van der Waals surface area contributed by atoms with E-state index in [0.717, 1.165) is 12.0 Å². The van der Waals surface area contributed by atoms with Gasteiger partial charge in [-0.05, 0) is 50.1 Å². The molecule has 1 atom stereocenters. The van der Waals surface area contributed by atoms with Crippen LogP contribution in [-0.2, 0) is 16.0 Å². The highest BCUT2D eigenvalue weighted by Crippen LogP contribution is 2.20. The summed E-state index contributed by atoms with van der Waals surface area (Å²) in [5.74, 6) is -0.000361. The van der Waals surface area contributed by atoms with Crippen molar-refractivity contribution in [2.24, 2.45) is 0 Å². The third-order valence-corrected chi connectivity index (χ3v) is 3.67. The van der Waals surface area contributed by atoms with E-state index in [1.54, 1.807) is 38.1 Å². The molecule has 5 heteroatoms. The van der Waals surface area contributed by atoms with Gasteiger partial charge < -0.3 is 14.8 Å². The molecule has 0 saturated heterocycles. The van der Waals surface area contributed by atoms with Gasteiger partial charge in [0.15, 0.2) is 6.10 Å². The predicted octanol–water partition coefficient (Wildman–Crippen LogP) is 3.83. The van der Waals surface area contributed by atoms with Crippen LogP contribution in [0.15, 0.2) is 48.5 Å². The number of esters is 1. The van der Waals surface area contributed by atoms with Crippen molar-refractivity contribution < 1.29 is 19.1 Å². The number of anilines is 1. The van der Waals surface area contributed by atoms with Gasteiger partial charge in [-0.1, -0.05) is 31.2 Å². The molecule has 0 radical (unpaired) electrons. The van der Waals surface area contributed by atoms with E-state index in [9.17, 15) is 9.59 Å². The standard InChI is InChI=1S/C20H23NO4/c1-4-15-9-6-7-12-18(15)25-14(3)19(22)21-17-11-8-10-16(13-17)20(23)24-5-2/h6-14H,4-5H2,1-3H3,(H,21,22)/t14-/m0/s1. The molecule has 2 aromatic carbocycles. The zero-order valence-electron chi connectivity index (χ0n) is 14.7. The fourth-order valence-corrected chi connectivity index (χ4v) is 2.34. The minimum Gasteiger partial charge on any atom is -0.481 e. The second-order valence-electron chi connectivity index (χ2n) is 5.51. The molecular formula is C20H23NO4. The van der Waals surface area contributed by atoms with Crippen molar-refractivity contribution in [1.82, 2.24) is 0 Å². The highest BCUT2D eigenvalue weighted by Gasteiger charge is 2.17. The molecule has 0 fully saturated rings. The molecular weight excluding hydrogens is 318 g/mol. The van der Waals surface area contributed by atoms with Gasteiger partial charge in [-0.15, -0.1) is 0 Å². The molecule has 5 nitrogen and oxygen atoms in total. The lowest BCUT2D eigenvalue weighted by atomic mass is 10.1. The molecule has 0 aliphatic carbocycles. The number of hydrogen-bond acceptors (Lipinski definition) is 4. The van der Waals surface area contributed by atoms with Crippen molar-refractivity contribution in [3.05, 3.63) is 59.7 Å². The predicted molar refractivity (Wildman–Crippen MR) is 96.9 cm³/mol. The molecule has 1 N–H and O–H groups in total. The van der Waals surface area contributed by atoms with Crippen molar-refractivity contribution in [2.75, 3.05) is 11.9 Å². The monoisotopic (exact) mass is 341 g/mol. The molecule has 0 aliphatic heterocycles. The first kappa shape index (κ1) is 18.5. The minimum atomic E-state index is -0.668. The summed E-state index contributed by atoms with van der Waals surface area (Å²) in [6.45, 7) is 5.78. The van der Waals surface area contributed by atoms with Crippen LogP contribution >= 0.6 is 0 Å². The van der Waals surface area contributed by atoms with Crippen LogP contribution in [0.5, 0.6) is 5.75 Å². The second kappa shape index (κ2) is 8.87. The SMILES string of the molecule is CCOC(=O)c1cccc(NC(=O)[C@H](C)Oc2ccccc2CC)c1. The van der Waals surface area contributed by atoms with Crippen LogP contribution in [-0.4, -0.2) is 24.6 Å². The van der Waals surface area contributed by atoms with Crippen LogP contribution in [0, 0.1) is 0 Å². The number of rotatable bonds is 7. The van der Waals surface area contributed by atoms with Gasteiger partial charge in [0.05, 0.1) is 12.2 Å². The van der Waals surface area contributed by atoms with Crippen LogP contribution in [0.2, 0.25) is 0 Å². The summed E-state index contributed by atoms with van der Waals surface area (Å²) >= 11 is 0. The van der Waals surface area contributed by atoms with Gasteiger partial charge in [-0.25, -0.2) is 4.79 Å². The van der Waals surface area contributed by atoms with Crippen LogP contribution in [0.1, 0.15) is 36.7 Å². The lowest BCUT2D eigenvalue weighted by Crippen LogP contribution is -2.30. The van der Waals surface area contributed by atoms with Crippen molar-refractivity contribution in [2.45, 2.75) is 33.3 Å². The normalized spacial score (nSPS) is 11.5. The summed E-state index contributed by atoms with van der Waals surface area (Å²) in [5, 5.41) is 2.77. The average Bonchev–Trinajstić information content (AvgIpc) is 2.62. The van der Waals surface area contributed by atoms with Crippen molar-refractivity contribution in [3.8, 4) is 5.75 Å². The maximum atomic E-state index is 12.4. The first-order chi connectivity index (χ1) is 12.0. The average molecular weight is 341 g/mol. The van der Waals surface area contributed by atoms with Crippen LogP contribution in [0.4, 0.5) is 5.69 Å². The summed E-state index contributed by atoms with van der Waals surface area (Å²) < 4.78 is 10.7. The summed E-state index contributed by atoms with van der Waals surface area (Å²) in [6, 6.07) is 14.3. The molecule has 25 heavy (non-hydrogen) atoms. The maximum Gasteiger partial charge on any atom is 0.338 e. The fourth-order valence-electron chi connectivity index (χ4n) is 2.34. The van der Waals surface area contributed by atoms with Crippen molar-refractivity contribution >= 4 is 17.6 Å². The van der Waals surface area contributed by atoms with Crippen LogP contribution < -0.4 is 10.1 Å². The molecule has 0 aromatic heterocycles. The molecule has 0 unspecified atom stereocenters. The van der Waals surface area contributed by atoms with Gasteiger partial charge in [-0.2, -0.15) is 0 Å². The van der Waals surface area contributed by atoms with E-state index in [-0.39, 0.29) is 5.91 Å². The number of carbonyl (C=O) groups is 2. The molecule has 2 rings (SSSR count). The Bertz CT molecular complexity index is 742. The Kier molecular flexibility index (Phi) is 6.57. The quantitative estimate of drug-likeness (QED) is 0.777. The Morgan fingerprint density at radius 3 is 2.56 bits per heavy atom. The highest BCUT2D eigenvalue weighted by molar-refractivity contribution is 5.96. The summed E-state index contributed by atoms with van der Waals surface area (Å²) in [6.07, 6.45) is 0.158. The number of nitrogens with one attached hydrogen (secondary N) is 1. The van der Waals surface area contributed by atoms with E-state index < -0.39 is 12.1 Å². The molecule has 2 aromatic rings. The highest BCUT2D eigenvalue weighted by atomic mass is 16.5. The topological polar surface area (TPSA) is 64.6 Å². The Hall–Kier alpha value is -2.82. The van der Waals surface area contributed by atoms with E-state index >= 15 is 0 Å². The molecule has 132 valence electrons. The van der Waals surface area contributed by atoms with Gasteiger partial charge in [0.25, 0.3) is 5.91 Å². The van der Waals surface area contributed by atoms with Gasteiger partial charge in [0.1, 0.15) is 5.75 Å². The van der Waals surface area contributed by atoms with Crippen LogP contribution in [0.25, 0.3) is 0 Å². The minimum absolute atomic E-state index is 0.285. The molecule has 0 bridgehead atoms. The van der Waals surface area contributed by atoms with E-state index in [4.69, 9.17) is 9.47 Å². The van der Waals surface area contributed by atoms with Crippen molar-refractivity contribution in [3.63, 3.8) is 0 Å². The maximum absolute atomic E-state index is 12.4. The van der Waals surface area contributed by atoms with Gasteiger partial charge in [-0.3, -0.25) is 4.79 Å². The van der Waals surface area contributed by atoms with Crippen LogP contribution in [0.3, 0.4) is 0 Å². The number of hydrogen-bond donors (Lipinski definition) is 1. The molecule has 0 heterocycles. The largest absolute Gasteiger partial charge is 0.481 e. The summed E-state index contributed by atoms with van der Waals surface area (Å²) in [4.78, 5) is 24.1. The molecule has 1 amide bonds. The first-order valence-corrected chi connectivity index (χ1v) is 8.37. The van der Waals surface area contributed by atoms with Gasteiger partial charge in [0, 0.05) is 5.69 Å². The van der Waals surface area contributed by atoms with Gasteiger partial charge in [0.2, 0.25) is 0 Å². The molecule has 0 spiro atoms. The second-order valence-corrected chi connectivity index (χ2v) is 5.51. The van der Waals surface area contributed by atoms with E-state index in [1.807, 2.05) is 31.2 Å². The van der Waals surface area contributed by atoms with Crippen molar-refractivity contribution in [1.29, 1.82) is 0 Å². The molecule has 0 saturated carbocycles. The lowest BCUT2D eigenvalue weighted by Gasteiger charge is -2.17. The number of amides is 1. The number of benzene rings is 2. The van der Waals surface area contributed by atoms with E-state index in [0.29, 0.717) is 23.6 Å². The summed E-state index contributed by atoms with van der Waals surface area (Å²) in [7, 11) is 0. The zero-order chi connectivity index (χ0) is 18.2. The third kappa shape index (κ3) is 5.08. The Balaban J connectivity index is 2.04. The Morgan fingerprint density at radius 1 is 1.08 bits per heavy atom. The summed E-state index contributed by atoms with van der Waals surface area (Å²) in [5.41, 5.74) is 1.96. The number of ether oxygens (including phenoxy) is 2. The van der Waals surface area contributed by atoms with E-state index in [2.05, 4.69) is 5.32 Å². The Labute approximate surface area is 148 Å². The number of para-hydroxylation sites is 1. The number of aryl methyl sites for hydroxylation is 1. The third-order valence-electron chi connectivity index (χ3n) is 3.67. The number of carbonyl (C=O) groups excluding carboxylic acids is 2. The zero-order valence-corrected chi connectivity index (χ0v) is 14.7. The van der Waals surface area contributed by atoms with E-state index in [1.165, 1.54) is 0 Å². The van der Waals surface area contributed by atoms with Gasteiger partial charge >= 0.3 is 5.97 Å². The first-order valence-electron chi connectivity index (χ1n) is 8.37. The lowest BCUT2D eigenvalue weighted by molar-refractivity contribution is -0.122. The fraction of sp³-hybridized carbons (Fsp3) is 0.300.